The van der Waals surface area contributed by atoms with Gasteiger partial charge < -0.3 is 29.8 Å². The van der Waals surface area contributed by atoms with Gasteiger partial charge in [0, 0.05) is 24.4 Å². The molecular formula is C27H40N2O7. The highest BCUT2D eigenvalue weighted by Crippen LogP contribution is 2.35. The molecule has 0 aliphatic carbocycles. The van der Waals surface area contributed by atoms with E-state index in [0.717, 1.165) is 17.6 Å². The first kappa shape index (κ1) is 28.2. The van der Waals surface area contributed by atoms with Gasteiger partial charge in [-0.1, -0.05) is 39.3 Å². The Morgan fingerprint density at radius 1 is 1.25 bits per heavy atom. The Morgan fingerprint density at radius 2 is 1.94 bits per heavy atom. The van der Waals surface area contributed by atoms with Crippen LogP contribution in [0.15, 0.2) is 27.9 Å². The lowest BCUT2D eigenvalue weighted by Gasteiger charge is -2.34. The second-order valence-electron chi connectivity index (χ2n) is 10.9. The van der Waals surface area contributed by atoms with Crippen molar-refractivity contribution in [2.75, 3.05) is 0 Å². The van der Waals surface area contributed by atoms with E-state index in [9.17, 15) is 24.9 Å². The number of ether oxygens (including phenoxy) is 1. The summed E-state index contributed by atoms with van der Waals surface area (Å²) in [4.78, 5) is 30.3. The molecule has 4 N–H and O–H groups in total. The molecule has 1 saturated heterocycles. The van der Waals surface area contributed by atoms with Crippen LogP contribution in [-0.2, 0) is 20.9 Å². The predicted molar refractivity (Wildman–Crippen MR) is 133 cm³/mol. The van der Waals surface area contributed by atoms with Gasteiger partial charge in [-0.15, -0.1) is 0 Å². The van der Waals surface area contributed by atoms with Crippen LogP contribution in [0.1, 0.15) is 72.4 Å². The van der Waals surface area contributed by atoms with Crippen molar-refractivity contribution in [2.24, 2.45) is 17.3 Å². The number of aliphatic hydroxyl groups excluding tert-OH is 3. The minimum absolute atomic E-state index is 0.0997. The topological polar surface area (TPSA) is 152 Å². The molecule has 7 atom stereocenters. The molecule has 9 heteroatoms. The maximum Gasteiger partial charge on any atom is 0.309 e. The first-order chi connectivity index (χ1) is 16.8. The second-order valence-corrected chi connectivity index (χ2v) is 10.9. The molecule has 1 fully saturated rings. The predicted octanol–water partition coefficient (Wildman–Crippen LogP) is 2.54. The molecule has 200 valence electrons. The van der Waals surface area contributed by atoms with E-state index in [-0.39, 0.29) is 42.7 Å². The number of rotatable bonds is 3. The maximum atomic E-state index is 13.3. The first-order valence-corrected chi connectivity index (χ1v) is 12.6. The van der Waals surface area contributed by atoms with E-state index in [1.165, 1.54) is 6.26 Å². The van der Waals surface area contributed by atoms with Crippen molar-refractivity contribution in [1.29, 1.82) is 0 Å². The van der Waals surface area contributed by atoms with Crippen molar-refractivity contribution in [3.05, 3.63) is 35.1 Å². The van der Waals surface area contributed by atoms with Crippen LogP contribution in [-0.4, -0.2) is 62.5 Å². The molecule has 3 rings (SSSR count). The van der Waals surface area contributed by atoms with E-state index in [2.05, 4.69) is 10.3 Å². The lowest BCUT2D eigenvalue weighted by Crippen LogP contribution is -2.46. The van der Waals surface area contributed by atoms with Crippen LogP contribution in [0, 0.1) is 17.3 Å². The van der Waals surface area contributed by atoms with Gasteiger partial charge in [0.05, 0.1) is 24.0 Å². The summed E-state index contributed by atoms with van der Waals surface area (Å²) in [7, 11) is 0. The molecule has 0 spiro atoms. The third-order valence-corrected chi connectivity index (χ3v) is 7.67. The van der Waals surface area contributed by atoms with E-state index < -0.39 is 35.6 Å². The normalized spacial score (nSPS) is 34.5. The number of Topliss-reactive ketones (excluding diaryl/α,β-unsaturated/α-hetero) is 1. The highest BCUT2D eigenvalue weighted by molar-refractivity contribution is 5.88. The molecule has 3 heterocycles. The molecule has 1 aromatic heterocycles. The number of carbonyl (C=O) groups excluding carboxylic acids is 2. The van der Waals surface area contributed by atoms with Crippen molar-refractivity contribution in [1.82, 2.24) is 10.3 Å². The van der Waals surface area contributed by atoms with Crippen LogP contribution in [0.4, 0.5) is 0 Å². The van der Waals surface area contributed by atoms with Crippen molar-refractivity contribution in [3.8, 4) is 0 Å². The summed E-state index contributed by atoms with van der Waals surface area (Å²) in [5, 5.41) is 34.4. The van der Waals surface area contributed by atoms with Gasteiger partial charge in [-0.2, -0.15) is 0 Å². The van der Waals surface area contributed by atoms with E-state index in [1.54, 1.807) is 26.8 Å². The monoisotopic (exact) mass is 504 g/mol. The average Bonchev–Trinajstić information content (AvgIpc) is 3.44. The lowest BCUT2D eigenvalue weighted by molar-refractivity contribution is -0.154. The van der Waals surface area contributed by atoms with Crippen LogP contribution in [0.25, 0.3) is 6.08 Å². The molecule has 1 aromatic rings. The number of ketones is 1. The molecule has 0 radical (unpaired) electrons. The zero-order valence-electron chi connectivity index (χ0n) is 22.0. The number of esters is 1. The standard InChI is InChI=1S/C27H40N2O7/c1-14-7-8-20(15(2)10-18-13-35-22(12-30)28-18)36-23(32)11-21(31)27(5,6)26(34)17(4)25(33)16(3)24-19(9-14)29-24/h7,10,13,16-17,19-21,24-25,29-31,33H,8-9,11-12H2,1-6H3/t16-,17+,19?,20-,21-,24?,25-/m0/s1. The molecule has 0 bridgehead atoms. The molecule has 0 saturated carbocycles. The minimum atomic E-state index is -1.27. The quantitative estimate of drug-likeness (QED) is 0.276. The fraction of sp³-hybridized carbons (Fsp3) is 0.667. The third-order valence-electron chi connectivity index (χ3n) is 7.67. The summed E-state index contributed by atoms with van der Waals surface area (Å²) in [6, 6.07) is 0.298. The van der Waals surface area contributed by atoms with Crippen LogP contribution >= 0.6 is 0 Å². The summed E-state index contributed by atoms with van der Waals surface area (Å²) >= 11 is 0. The Labute approximate surface area is 212 Å². The molecule has 2 unspecified atom stereocenters. The van der Waals surface area contributed by atoms with Crippen LogP contribution in [0.2, 0.25) is 0 Å². The number of nitrogens with zero attached hydrogens (tertiary/aromatic N) is 1. The van der Waals surface area contributed by atoms with Crippen molar-refractivity contribution < 1.29 is 34.1 Å². The van der Waals surface area contributed by atoms with Gasteiger partial charge in [0.1, 0.15) is 30.5 Å². The Bertz CT molecular complexity index is 1010. The Hall–Kier alpha value is -2.33. The number of nitrogens with one attached hydrogen (secondary N) is 1. The number of oxazole rings is 1. The zero-order valence-corrected chi connectivity index (χ0v) is 22.0. The number of fused-ring (bicyclic) bond motifs is 1. The minimum Gasteiger partial charge on any atom is -0.457 e. The second kappa shape index (κ2) is 11.4. The van der Waals surface area contributed by atoms with E-state index in [0.29, 0.717) is 12.1 Å². The van der Waals surface area contributed by atoms with Crippen molar-refractivity contribution in [2.45, 2.75) is 97.8 Å². The van der Waals surface area contributed by atoms with E-state index in [4.69, 9.17) is 9.15 Å². The Balaban J connectivity index is 1.88. The van der Waals surface area contributed by atoms with Crippen LogP contribution in [0.3, 0.4) is 0 Å². The molecule has 36 heavy (non-hydrogen) atoms. The number of aromatic nitrogens is 1. The Kier molecular flexibility index (Phi) is 8.93. The van der Waals surface area contributed by atoms with E-state index in [1.807, 2.05) is 26.8 Å². The first-order valence-electron chi connectivity index (χ1n) is 12.6. The highest BCUT2D eigenvalue weighted by atomic mass is 16.5. The molecular weight excluding hydrogens is 464 g/mol. The highest BCUT2D eigenvalue weighted by Gasteiger charge is 2.47. The molecule has 9 nitrogen and oxygen atoms in total. The fourth-order valence-corrected chi connectivity index (χ4v) is 4.95. The van der Waals surface area contributed by atoms with Gasteiger partial charge >= 0.3 is 5.97 Å². The Morgan fingerprint density at radius 3 is 2.58 bits per heavy atom. The van der Waals surface area contributed by atoms with Crippen LogP contribution in [0.5, 0.6) is 0 Å². The summed E-state index contributed by atoms with van der Waals surface area (Å²) in [5.41, 5.74) is 1.10. The third kappa shape index (κ3) is 6.51. The zero-order chi connectivity index (χ0) is 26.8. The smallest absolute Gasteiger partial charge is 0.309 e. The summed E-state index contributed by atoms with van der Waals surface area (Å²) in [6.45, 7) is 10.3. The molecule has 0 aromatic carbocycles. The number of cyclic esters (lactones) is 1. The average molecular weight is 505 g/mol. The number of carbonyl (C=O) groups is 2. The number of hydrogen-bond acceptors (Lipinski definition) is 9. The SMILES string of the molecule is CC1=CC[C@@H](C(C)=Cc2coc(CO)n2)OC(=O)C[C@H](O)C(C)(C)C(=O)[C@H](C)[C@@H](O)[C@@H](C)C2NC2C1. The largest absolute Gasteiger partial charge is 0.457 e. The fourth-order valence-electron chi connectivity index (χ4n) is 4.95. The summed E-state index contributed by atoms with van der Waals surface area (Å²) in [6.07, 6.45) is 3.29. The van der Waals surface area contributed by atoms with Gasteiger partial charge in [0.15, 0.2) is 0 Å². The van der Waals surface area contributed by atoms with Crippen molar-refractivity contribution >= 4 is 17.8 Å². The van der Waals surface area contributed by atoms with Crippen molar-refractivity contribution in [3.63, 3.8) is 0 Å². The summed E-state index contributed by atoms with van der Waals surface area (Å²) in [5.74, 6) is -1.56. The van der Waals surface area contributed by atoms with Gasteiger partial charge in [-0.3, -0.25) is 9.59 Å². The maximum absolute atomic E-state index is 13.3. The van der Waals surface area contributed by atoms with Gasteiger partial charge in [0.25, 0.3) is 0 Å². The van der Waals surface area contributed by atoms with Gasteiger partial charge in [-0.05, 0) is 37.8 Å². The molecule has 0 amide bonds. The van der Waals surface area contributed by atoms with Gasteiger partial charge in [-0.25, -0.2) is 4.98 Å². The summed E-state index contributed by atoms with van der Waals surface area (Å²) < 4.78 is 10.9. The number of hydrogen-bond donors (Lipinski definition) is 4. The van der Waals surface area contributed by atoms with Crippen LogP contribution < -0.4 is 5.32 Å². The lowest BCUT2D eigenvalue weighted by atomic mass is 9.73. The molecule has 2 aliphatic heterocycles. The molecule has 2 aliphatic rings. The van der Waals surface area contributed by atoms with E-state index >= 15 is 0 Å². The number of aliphatic hydroxyl groups is 3. The van der Waals surface area contributed by atoms with Gasteiger partial charge in [0.2, 0.25) is 5.89 Å².